The molecule has 19 heavy (non-hydrogen) atoms. The number of carboxylic acids is 1. The maximum Gasteiger partial charge on any atom is 0.307 e. The van der Waals surface area contributed by atoms with Gasteiger partial charge >= 0.3 is 5.97 Å². The van der Waals surface area contributed by atoms with Gasteiger partial charge in [-0.05, 0) is 35.4 Å². The number of ether oxygens (including phenoxy) is 1. The van der Waals surface area contributed by atoms with Crippen molar-refractivity contribution < 1.29 is 14.6 Å². The van der Waals surface area contributed by atoms with Gasteiger partial charge in [0.2, 0.25) is 0 Å². The van der Waals surface area contributed by atoms with Crippen LogP contribution in [-0.4, -0.2) is 18.2 Å². The van der Waals surface area contributed by atoms with E-state index in [9.17, 15) is 9.90 Å². The van der Waals surface area contributed by atoms with Gasteiger partial charge in [-0.15, -0.1) is 0 Å². The van der Waals surface area contributed by atoms with Crippen molar-refractivity contribution in [1.82, 2.24) is 0 Å². The molecule has 1 aliphatic rings. The Morgan fingerprint density at radius 3 is 2.58 bits per heavy atom. The van der Waals surface area contributed by atoms with Gasteiger partial charge in [0, 0.05) is 5.92 Å². The molecule has 2 atom stereocenters. The Labute approximate surface area is 114 Å². The predicted octanol–water partition coefficient (Wildman–Crippen LogP) is 3.47. The van der Waals surface area contributed by atoms with Gasteiger partial charge in [-0.25, -0.2) is 0 Å². The van der Waals surface area contributed by atoms with E-state index in [1.807, 2.05) is 12.1 Å². The number of carboxylic acid groups (broad SMARTS) is 1. The Balaban J connectivity index is 2.56. The third-order valence-corrected chi connectivity index (χ3v) is 4.08. The van der Waals surface area contributed by atoms with Gasteiger partial charge in [0.05, 0.1) is 13.0 Å². The zero-order valence-corrected chi connectivity index (χ0v) is 12.1. The smallest absolute Gasteiger partial charge is 0.307 e. The summed E-state index contributed by atoms with van der Waals surface area (Å²) in [4.78, 5) is 11.5. The molecular formula is C16H22O3. The first-order chi connectivity index (χ1) is 8.86. The Morgan fingerprint density at radius 1 is 1.37 bits per heavy atom. The van der Waals surface area contributed by atoms with E-state index in [1.54, 1.807) is 7.11 Å². The molecule has 1 N–H and O–H groups in total. The Hall–Kier alpha value is -1.51. The number of carbonyl (C=O) groups is 1. The summed E-state index contributed by atoms with van der Waals surface area (Å²) in [5.74, 6) is -0.0764. The maximum absolute atomic E-state index is 11.5. The lowest BCUT2D eigenvalue weighted by atomic mass is 9.64. The van der Waals surface area contributed by atoms with Crippen molar-refractivity contribution >= 4 is 5.97 Å². The second kappa shape index (κ2) is 4.87. The minimum atomic E-state index is -0.687. The van der Waals surface area contributed by atoms with Gasteiger partial charge in [-0.1, -0.05) is 32.9 Å². The first-order valence-electron chi connectivity index (χ1n) is 6.75. The van der Waals surface area contributed by atoms with Crippen LogP contribution in [0.15, 0.2) is 18.2 Å². The number of fused-ring (bicyclic) bond motifs is 1. The highest BCUT2D eigenvalue weighted by atomic mass is 16.5. The van der Waals surface area contributed by atoms with E-state index in [2.05, 4.69) is 26.8 Å². The average molecular weight is 262 g/mol. The quantitative estimate of drug-likeness (QED) is 0.887. The van der Waals surface area contributed by atoms with Gasteiger partial charge in [-0.3, -0.25) is 4.79 Å². The number of methoxy groups -OCH3 is 1. The highest BCUT2D eigenvalue weighted by Crippen LogP contribution is 2.48. The van der Waals surface area contributed by atoms with Crippen LogP contribution in [0.2, 0.25) is 0 Å². The van der Waals surface area contributed by atoms with Crippen molar-refractivity contribution in [3.8, 4) is 5.75 Å². The summed E-state index contributed by atoms with van der Waals surface area (Å²) in [6.07, 6.45) is 1.47. The summed E-state index contributed by atoms with van der Waals surface area (Å²) in [6.45, 7) is 6.34. The lowest BCUT2D eigenvalue weighted by Crippen LogP contribution is -2.35. The predicted molar refractivity (Wildman–Crippen MR) is 74.6 cm³/mol. The summed E-state index contributed by atoms with van der Waals surface area (Å²) < 4.78 is 5.42. The zero-order chi connectivity index (χ0) is 14.2. The lowest BCUT2D eigenvalue weighted by Gasteiger charge is -2.40. The number of benzene rings is 1. The summed E-state index contributed by atoms with van der Waals surface area (Å²) >= 11 is 0. The Bertz CT molecular complexity index is 485. The van der Waals surface area contributed by atoms with Crippen LogP contribution >= 0.6 is 0 Å². The molecule has 0 heterocycles. The molecule has 104 valence electrons. The highest BCUT2D eigenvalue weighted by Gasteiger charge is 2.41. The SMILES string of the molecule is COc1cccc2c1CCC(C(=O)O)C2C(C)(C)C. The van der Waals surface area contributed by atoms with E-state index in [0.717, 1.165) is 17.7 Å². The van der Waals surface area contributed by atoms with Gasteiger partial charge < -0.3 is 9.84 Å². The van der Waals surface area contributed by atoms with E-state index in [4.69, 9.17) is 4.74 Å². The Morgan fingerprint density at radius 2 is 2.05 bits per heavy atom. The van der Waals surface area contributed by atoms with Crippen molar-refractivity contribution in [1.29, 1.82) is 0 Å². The normalized spacial score (nSPS) is 22.7. The molecule has 1 aliphatic carbocycles. The second-order valence-corrected chi connectivity index (χ2v) is 6.36. The van der Waals surface area contributed by atoms with Crippen LogP contribution in [0.4, 0.5) is 0 Å². The fourth-order valence-corrected chi connectivity index (χ4v) is 3.35. The fraction of sp³-hybridized carbons (Fsp3) is 0.562. The Kier molecular flexibility index (Phi) is 3.57. The van der Waals surface area contributed by atoms with E-state index in [-0.39, 0.29) is 17.3 Å². The van der Waals surface area contributed by atoms with Crippen LogP contribution in [0.5, 0.6) is 5.75 Å². The van der Waals surface area contributed by atoms with Gasteiger partial charge in [0.15, 0.2) is 0 Å². The number of rotatable bonds is 2. The van der Waals surface area contributed by atoms with E-state index in [0.29, 0.717) is 6.42 Å². The molecule has 0 saturated heterocycles. The first-order valence-corrected chi connectivity index (χ1v) is 6.75. The monoisotopic (exact) mass is 262 g/mol. The van der Waals surface area contributed by atoms with Crippen LogP contribution in [-0.2, 0) is 11.2 Å². The summed E-state index contributed by atoms with van der Waals surface area (Å²) in [7, 11) is 1.67. The first kappa shape index (κ1) is 13.9. The fourth-order valence-electron chi connectivity index (χ4n) is 3.35. The van der Waals surface area contributed by atoms with E-state index in [1.165, 1.54) is 5.56 Å². The number of hydrogen-bond acceptors (Lipinski definition) is 2. The third kappa shape index (κ3) is 2.46. The molecule has 2 rings (SSSR count). The third-order valence-electron chi connectivity index (χ3n) is 4.08. The molecule has 0 bridgehead atoms. The van der Waals surface area contributed by atoms with Gasteiger partial charge in [-0.2, -0.15) is 0 Å². The molecule has 1 aromatic rings. The molecule has 0 spiro atoms. The van der Waals surface area contributed by atoms with Gasteiger partial charge in [0.25, 0.3) is 0 Å². The topological polar surface area (TPSA) is 46.5 Å². The van der Waals surface area contributed by atoms with Crippen LogP contribution in [0.25, 0.3) is 0 Å². The van der Waals surface area contributed by atoms with Crippen LogP contribution < -0.4 is 4.74 Å². The van der Waals surface area contributed by atoms with E-state index < -0.39 is 5.97 Å². The minimum Gasteiger partial charge on any atom is -0.496 e. The second-order valence-electron chi connectivity index (χ2n) is 6.36. The maximum atomic E-state index is 11.5. The number of aliphatic carboxylic acids is 1. The van der Waals surface area contributed by atoms with Crippen molar-refractivity contribution in [2.75, 3.05) is 7.11 Å². The average Bonchev–Trinajstić information content (AvgIpc) is 2.35. The molecular weight excluding hydrogens is 240 g/mol. The van der Waals surface area contributed by atoms with Crippen molar-refractivity contribution in [3.05, 3.63) is 29.3 Å². The molecule has 0 saturated carbocycles. The van der Waals surface area contributed by atoms with Crippen molar-refractivity contribution in [2.45, 2.75) is 39.5 Å². The summed E-state index contributed by atoms with van der Waals surface area (Å²) in [6, 6.07) is 5.98. The van der Waals surface area contributed by atoms with Crippen molar-refractivity contribution in [3.63, 3.8) is 0 Å². The molecule has 3 nitrogen and oxygen atoms in total. The van der Waals surface area contributed by atoms with Crippen LogP contribution in [0.1, 0.15) is 44.2 Å². The zero-order valence-electron chi connectivity index (χ0n) is 12.1. The number of hydrogen-bond donors (Lipinski definition) is 1. The molecule has 0 fully saturated rings. The molecule has 0 amide bonds. The lowest BCUT2D eigenvalue weighted by molar-refractivity contribution is -0.144. The van der Waals surface area contributed by atoms with Crippen LogP contribution in [0, 0.1) is 11.3 Å². The minimum absolute atomic E-state index is 0.0313. The summed E-state index contributed by atoms with van der Waals surface area (Å²) in [5.41, 5.74) is 2.25. The largest absolute Gasteiger partial charge is 0.496 e. The van der Waals surface area contributed by atoms with Crippen molar-refractivity contribution in [2.24, 2.45) is 11.3 Å². The molecule has 0 aliphatic heterocycles. The standard InChI is InChI=1S/C16H22O3/c1-16(2,3)14-11-6-5-7-13(19-4)10(11)8-9-12(14)15(17)18/h5-7,12,14H,8-9H2,1-4H3,(H,17,18). The molecule has 3 heteroatoms. The highest BCUT2D eigenvalue weighted by molar-refractivity contribution is 5.72. The summed E-state index contributed by atoms with van der Waals surface area (Å²) in [5, 5.41) is 9.49. The molecule has 2 unspecified atom stereocenters. The van der Waals surface area contributed by atoms with Gasteiger partial charge in [0.1, 0.15) is 5.75 Å². The molecule has 0 aromatic heterocycles. The van der Waals surface area contributed by atoms with Crippen LogP contribution in [0.3, 0.4) is 0 Å². The molecule has 1 aromatic carbocycles. The molecule has 0 radical (unpaired) electrons. The van der Waals surface area contributed by atoms with E-state index >= 15 is 0 Å².